The van der Waals surface area contributed by atoms with Crippen LogP contribution < -0.4 is 10.6 Å². The van der Waals surface area contributed by atoms with E-state index >= 15 is 0 Å². The Morgan fingerprint density at radius 2 is 1.81 bits per heavy atom. The summed E-state index contributed by atoms with van der Waals surface area (Å²) in [6.45, 7) is 7.01. The van der Waals surface area contributed by atoms with E-state index in [2.05, 4.69) is 22.5 Å². The molecule has 1 aliphatic carbocycles. The van der Waals surface area contributed by atoms with Gasteiger partial charge in [-0.05, 0) is 49.3 Å². The summed E-state index contributed by atoms with van der Waals surface area (Å²) in [5.74, 6) is 2.46. The zero-order chi connectivity index (χ0) is 20.9. The Morgan fingerprint density at radius 3 is 2.42 bits per heavy atom. The van der Waals surface area contributed by atoms with E-state index in [1.807, 2.05) is 24.3 Å². The topological polar surface area (TPSA) is 77.0 Å². The van der Waals surface area contributed by atoms with Crippen molar-refractivity contribution in [1.82, 2.24) is 20.4 Å². The summed E-state index contributed by atoms with van der Waals surface area (Å²) in [7, 11) is 0. The molecule has 3 aliphatic rings. The van der Waals surface area contributed by atoms with Crippen LogP contribution >= 0.6 is 24.0 Å². The van der Waals surface area contributed by atoms with Crippen LogP contribution in [0.2, 0.25) is 0 Å². The Hall–Kier alpha value is -1.84. The number of benzene rings is 1. The van der Waals surface area contributed by atoms with Crippen LogP contribution in [0, 0.1) is 11.8 Å². The van der Waals surface area contributed by atoms with E-state index in [4.69, 9.17) is 4.99 Å². The van der Waals surface area contributed by atoms with Crippen LogP contribution in [0.15, 0.2) is 29.3 Å². The van der Waals surface area contributed by atoms with Gasteiger partial charge < -0.3 is 20.4 Å². The minimum Gasteiger partial charge on any atom is -0.357 e. The lowest BCUT2D eigenvalue weighted by molar-refractivity contribution is -0.123. The van der Waals surface area contributed by atoms with Crippen LogP contribution in [-0.4, -0.2) is 66.8 Å². The number of carbonyl (C=O) groups excluding carboxylic acids is 2. The first-order valence-electron chi connectivity index (χ1n) is 11.3. The Kier molecular flexibility index (Phi) is 8.57. The molecule has 0 radical (unpaired) electrons. The van der Waals surface area contributed by atoms with Gasteiger partial charge in [-0.15, -0.1) is 24.0 Å². The summed E-state index contributed by atoms with van der Waals surface area (Å²) in [6.07, 6.45) is 5.45. The first-order valence-corrected chi connectivity index (χ1v) is 11.3. The smallest absolute Gasteiger partial charge is 0.254 e. The molecule has 0 bridgehead atoms. The molecule has 3 fully saturated rings. The van der Waals surface area contributed by atoms with Crippen molar-refractivity contribution in [3.63, 3.8) is 0 Å². The third kappa shape index (κ3) is 5.90. The number of nitrogens with zero attached hydrogens (tertiary/aromatic N) is 3. The van der Waals surface area contributed by atoms with Gasteiger partial charge in [0, 0.05) is 38.3 Å². The van der Waals surface area contributed by atoms with E-state index in [9.17, 15) is 9.59 Å². The van der Waals surface area contributed by atoms with E-state index in [-0.39, 0.29) is 42.3 Å². The second-order valence-electron chi connectivity index (χ2n) is 8.65. The van der Waals surface area contributed by atoms with Gasteiger partial charge in [-0.1, -0.05) is 25.0 Å². The molecular weight excluding hydrogens is 505 g/mol. The molecule has 1 saturated carbocycles. The second kappa shape index (κ2) is 11.2. The van der Waals surface area contributed by atoms with E-state index in [1.54, 1.807) is 4.90 Å². The maximum Gasteiger partial charge on any atom is 0.254 e. The Labute approximate surface area is 202 Å². The van der Waals surface area contributed by atoms with Gasteiger partial charge in [-0.2, -0.15) is 0 Å². The largest absolute Gasteiger partial charge is 0.357 e. The van der Waals surface area contributed by atoms with Crippen molar-refractivity contribution < 1.29 is 9.59 Å². The molecule has 0 spiro atoms. The van der Waals surface area contributed by atoms with Crippen LogP contribution in [0.25, 0.3) is 0 Å². The summed E-state index contributed by atoms with van der Waals surface area (Å²) in [5, 5.41) is 6.21. The quantitative estimate of drug-likeness (QED) is 0.350. The fraction of sp³-hybridized carbons (Fsp3) is 0.609. The highest BCUT2D eigenvalue weighted by atomic mass is 127. The van der Waals surface area contributed by atoms with E-state index in [0.29, 0.717) is 25.2 Å². The number of rotatable bonds is 4. The molecule has 1 aromatic carbocycles. The monoisotopic (exact) mass is 539 g/mol. The molecule has 7 nitrogen and oxygen atoms in total. The second-order valence-corrected chi connectivity index (χ2v) is 8.65. The first-order chi connectivity index (χ1) is 14.6. The van der Waals surface area contributed by atoms with Gasteiger partial charge in [0.15, 0.2) is 5.96 Å². The Morgan fingerprint density at radius 1 is 1.13 bits per heavy atom. The van der Waals surface area contributed by atoms with Crippen LogP contribution in [0.1, 0.15) is 48.5 Å². The Balaban J connectivity index is 0.00000272. The lowest BCUT2D eigenvalue weighted by atomic mass is 9.82. The van der Waals surface area contributed by atoms with E-state index in [1.165, 1.54) is 25.7 Å². The van der Waals surface area contributed by atoms with Gasteiger partial charge >= 0.3 is 0 Å². The number of nitrogens with one attached hydrogen (secondary N) is 2. The van der Waals surface area contributed by atoms with Crippen molar-refractivity contribution in [3.05, 3.63) is 35.4 Å². The molecular formula is C23H34IN5O2. The van der Waals surface area contributed by atoms with Gasteiger partial charge in [0.25, 0.3) is 5.91 Å². The fourth-order valence-corrected chi connectivity index (χ4v) is 4.92. The number of likely N-dealkylation sites (tertiary alicyclic amines) is 1. The lowest BCUT2D eigenvalue weighted by Gasteiger charge is -2.26. The summed E-state index contributed by atoms with van der Waals surface area (Å²) in [6, 6.07) is 7.62. The number of piperazine rings is 1. The summed E-state index contributed by atoms with van der Waals surface area (Å²) in [5.41, 5.74) is 1.70. The number of hydrogen-bond donors (Lipinski definition) is 2. The highest BCUT2D eigenvalue weighted by Crippen LogP contribution is 2.36. The Bertz CT molecular complexity index is 784. The average molecular weight is 539 g/mol. The number of carbonyl (C=O) groups is 2. The minimum atomic E-state index is -0.0988. The average Bonchev–Trinajstić information content (AvgIpc) is 3.20. The van der Waals surface area contributed by atoms with Crippen LogP contribution in [0.5, 0.6) is 0 Å². The molecule has 2 amide bonds. The molecule has 2 saturated heterocycles. The van der Waals surface area contributed by atoms with Crippen molar-refractivity contribution in [3.8, 4) is 0 Å². The molecule has 2 atom stereocenters. The van der Waals surface area contributed by atoms with E-state index in [0.717, 1.165) is 43.0 Å². The van der Waals surface area contributed by atoms with Crippen LogP contribution in [-0.2, 0) is 11.3 Å². The van der Waals surface area contributed by atoms with E-state index < -0.39 is 0 Å². The number of fused-ring (bicyclic) bond motifs is 1. The molecule has 2 N–H and O–H groups in total. The third-order valence-corrected chi connectivity index (χ3v) is 6.55. The number of aliphatic imine (C=N–C) groups is 1. The lowest BCUT2D eigenvalue weighted by Crippen LogP contribution is -2.49. The zero-order valence-corrected chi connectivity index (χ0v) is 20.6. The molecule has 31 heavy (non-hydrogen) atoms. The van der Waals surface area contributed by atoms with Crippen molar-refractivity contribution in [2.24, 2.45) is 16.8 Å². The van der Waals surface area contributed by atoms with Gasteiger partial charge in [0.1, 0.15) is 0 Å². The van der Waals surface area contributed by atoms with Crippen molar-refractivity contribution in [1.29, 1.82) is 0 Å². The van der Waals surface area contributed by atoms with Crippen LogP contribution in [0.4, 0.5) is 0 Å². The maximum atomic E-state index is 12.6. The number of guanidine groups is 1. The highest BCUT2D eigenvalue weighted by molar-refractivity contribution is 14.0. The third-order valence-electron chi connectivity index (χ3n) is 6.55. The first kappa shape index (κ1) is 23.8. The number of hydrogen-bond acceptors (Lipinski definition) is 3. The molecule has 4 rings (SSSR count). The normalized spacial score (nSPS) is 23.6. The SMILES string of the molecule is CCNC(=NCc1ccc(C(=O)N2CCNC(=O)C2)cc1)N1CC2CCCCC2C1.I. The van der Waals surface area contributed by atoms with Crippen LogP contribution in [0.3, 0.4) is 0 Å². The predicted octanol–water partition coefficient (Wildman–Crippen LogP) is 2.46. The summed E-state index contributed by atoms with van der Waals surface area (Å²) in [4.78, 5) is 33.0. The highest BCUT2D eigenvalue weighted by Gasteiger charge is 2.35. The molecule has 170 valence electrons. The maximum absolute atomic E-state index is 12.6. The van der Waals surface area contributed by atoms with Gasteiger partial charge in [-0.25, -0.2) is 4.99 Å². The summed E-state index contributed by atoms with van der Waals surface area (Å²) >= 11 is 0. The predicted molar refractivity (Wildman–Crippen MR) is 133 cm³/mol. The standard InChI is InChI=1S/C23H33N5O2.HI/c1-2-24-23(28-14-19-5-3-4-6-20(19)15-28)26-13-17-7-9-18(10-8-17)22(30)27-12-11-25-21(29)16-27;/h7-10,19-20H,2-6,11-16H2,1H3,(H,24,26)(H,25,29);1H. The molecule has 2 heterocycles. The summed E-state index contributed by atoms with van der Waals surface area (Å²) < 4.78 is 0. The number of halogens is 1. The molecule has 8 heteroatoms. The van der Waals surface area contributed by atoms with Gasteiger partial charge in [-0.3, -0.25) is 9.59 Å². The molecule has 2 aliphatic heterocycles. The zero-order valence-electron chi connectivity index (χ0n) is 18.3. The molecule has 2 unspecified atom stereocenters. The van der Waals surface area contributed by atoms with Crippen molar-refractivity contribution in [2.45, 2.75) is 39.2 Å². The number of amides is 2. The molecule has 1 aromatic rings. The fourth-order valence-electron chi connectivity index (χ4n) is 4.92. The van der Waals surface area contributed by atoms with Gasteiger partial charge in [0.2, 0.25) is 5.91 Å². The van der Waals surface area contributed by atoms with Crippen molar-refractivity contribution in [2.75, 3.05) is 39.3 Å². The molecule has 0 aromatic heterocycles. The minimum absolute atomic E-state index is 0. The van der Waals surface area contributed by atoms with Crippen molar-refractivity contribution >= 4 is 41.8 Å². The van der Waals surface area contributed by atoms with Gasteiger partial charge in [0.05, 0.1) is 13.1 Å².